The molecule has 2 aromatic carbocycles. The maximum atomic E-state index is 12.1. The van der Waals surface area contributed by atoms with E-state index in [0.29, 0.717) is 32.1 Å². The van der Waals surface area contributed by atoms with Crippen LogP contribution in [0.25, 0.3) is 0 Å². The van der Waals surface area contributed by atoms with Crippen LogP contribution >= 0.6 is 0 Å². The van der Waals surface area contributed by atoms with Gasteiger partial charge in [-0.15, -0.1) is 0 Å². The Balaban J connectivity index is 1.33. The number of hydrogen-bond acceptors (Lipinski definition) is 4. The second kappa shape index (κ2) is 10.6. The largest absolute Gasteiger partial charge is 0.497 e. The molecular formula is C23H29NO4. The number of carbonyl (C=O) groups is 1. The molecule has 1 N–H and O–H groups in total. The molecule has 1 saturated carbocycles. The molecule has 1 fully saturated rings. The Hall–Kier alpha value is -2.69. The molecular weight excluding hydrogens is 354 g/mol. The third-order valence-corrected chi connectivity index (χ3v) is 4.90. The summed E-state index contributed by atoms with van der Waals surface area (Å²) in [5.41, 5.74) is 1.13. The van der Waals surface area contributed by atoms with Crippen molar-refractivity contribution < 1.29 is 19.0 Å². The summed E-state index contributed by atoms with van der Waals surface area (Å²) in [7, 11) is 1.63. The summed E-state index contributed by atoms with van der Waals surface area (Å²) in [5, 5.41) is 2.90. The van der Waals surface area contributed by atoms with Crippen LogP contribution in [0.2, 0.25) is 0 Å². The first-order valence-electron chi connectivity index (χ1n) is 10.0. The van der Waals surface area contributed by atoms with Crippen molar-refractivity contribution in [2.24, 2.45) is 0 Å². The molecule has 0 aliphatic heterocycles. The number of carbonyl (C=O) groups excluding carboxylic acids is 1. The van der Waals surface area contributed by atoms with Crippen molar-refractivity contribution >= 4 is 5.91 Å². The number of aryl methyl sites for hydroxylation is 1. The molecule has 0 atom stereocenters. The minimum atomic E-state index is 0.0282. The molecule has 2 aromatic rings. The van der Waals surface area contributed by atoms with Crippen molar-refractivity contribution in [1.82, 2.24) is 5.32 Å². The van der Waals surface area contributed by atoms with E-state index in [1.54, 1.807) is 7.11 Å². The quantitative estimate of drug-likeness (QED) is 0.627. The van der Waals surface area contributed by atoms with Gasteiger partial charge in [0.15, 0.2) is 0 Å². The number of hydrogen-bond donors (Lipinski definition) is 1. The van der Waals surface area contributed by atoms with Crippen molar-refractivity contribution in [3.8, 4) is 17.2 Å². The Kier molecular flexibility index (Phi) is 7.59. The number of ether oxygens (including phenoxy) is 3. The predicted molar refractivity (Wildman–Crippen MR) is 109 cm³/mol. The van der Waals surface area contributed by atoms with Crippen LogP contribution in [0.3, 0.4) is 0 Å². The monoisotopic (exact) mass is 383 g/mol. The summed E-state index contributed by atoms with van der Waals surface area (Å²) in [5.74, 6) is 2.49. The molecule has 1 aliphatic carbocycles. The first-order valence-corrected chi connectivity index (χ1v) is 10.0. The van der Waals surface area contributed by atoms with Gasteiger partial charge in [-0.25, -0.2) is 0 Å². The number of rotatable bonds is 10. The molecule has 5 nitrogen and oxygen atoms in total. The molecule has 5 heteroatoms. The van der Waals surface area contributed by atoms with Crippen molar-refractivity contribution in [2.75, 3.05) is 20.3 Å². The third-order valence-electron chi connectivity index (χ3n) is 4.90. The van der Waals surface area contributed by atoms with E-state index in [4.69, 9.17) is 14.2 Å². The van der Waals surface area contributed by atoms with Gasteiger partial charge in [-0.3, -0.25) is 4.79 Å². The fraction of sp³-hybridized carbons (Fsp3) is 0.435. The summed E-state index contributed by atoms with van der Waals surface area (Å²) in [6.07, 6.45) is 6.31. The number of benzene rings is 2. The van der Waals surface area contributed by atoms with E-state index in [0.717, 1.165) is 35.7 Å². The Morgan fingerprint density at radius 3 is 2.54 bits per heavy atom. The third kappa shape index (κ3) is 6.48. The highest BCUT2D eigenvalue weighted by atomic mass is 16.5. The average Bonchev–Trinajstić information content (AvgIpc) is 3.23. The van der Waals surface area contributed by atoms with E-state index in [9.17, 15) is 4.79 Å². The second-order valence-electron chi connectivity index (χ2n) is 7.05. The maximum absolute atomic E-state index is 12.1. The molecule has 28 heavy (non-hydrogen) atoms. The minimum Gasteiger partial charge on any atom is -0.497 e. The van der Waals surface area contributed by atoms with Crippen LogP contribution in [-0.4, -0.2) is 32.3 Å². The minimum absolute atomic E-state index is 0.0282. The molecule has 1 amide bonds. The van der Waals surface area contributed by atoms with Gasteiger partial charge in [-0.2, -0.15) is 0 Å². The lowest BCUT2D eigenvalue weighted by Crippen LogP contribution is -2.28. The average molecular weight is 383 g/mol. The van der Waals surface area contributed by atoms with Crippen molar-refractivity contribution in [3.63, 3.8) is 0 Å². The van der Waals surface area contributed by atoms with E-state index in [2.05, 4.69) is 11.4 Å². The number of nitrogens with one attached hydrogen (secondary N) is 1. The zero-order valence-corrected chi connectivity index (χ0v) is 16.5. The smallest absolute Gasteiger partial charge is 0.220 e. The Bertz CT molecular complexity index is 739. The fourth-order valence-electron chi connectivity index (χ4n) is 3.35. The van der Waals surface area contributed by atoms with E-state index < -0.39 is 0 Å². The van der Waals surface area contributed by atoms with Crippen LogP contribution in [0.5, 0.6) is 17.2 Å². The zero-order chi connectivity index (χ0) is 19.6. The summed E-state index contributed by atoms with van der Waals surface area (Å²) in [6.45, 7) is 0.915. The van der Waals surface area contributed by atoms with Gasteiger partial charge < -0.3 is 19.5 Å². The summed E-state index contributed by atoms with van der Waals surface area (Å²) >= 11 is 0. The molecule has 0 aromatic heterocycles. The Morgan fingerprint density at radius 1 is 1.04 bits per heavy atom. The predicted octanol–water partition coefficient (Wildman–Crippen LogP) is 4.14. The standard InChI is InChI=1S/C23H29NO4/c1-26-19-10-12-20(13-11-19)27-16-15-24-23(25)14-9-18-5-4-8-22(17-18)28-21-6-2-3-7-21/h4-5,8,10-13,17,21H,2-3,6-7,9,14-16H2,1H3,(H,24,25). The SMILES string of the molecule is COc1ccc(OCCNC(=O)CCc2cccc(OC3CCCC3)c2)cc1. The number of amides is 1. The lowest BCUT2D eigenvalue weighted by atomic mass is 10.1. The highest BCUT2D eigenvalue weighted by molar-refractivity contribution is 5.76. The molecule has 0 saturated heterocycles. The van der Waals surface area contributed by atoms with Crippen molar-refractivity contribution in [2.45, 2.75) is 44.6 Å². The molecule has 3 rings (SSSR count). The van der Waals surface area contributed by atoms with Gasteiger partial charge in [0.2, 0.25) is 5.91 Å². The summed E-state index contributed by atoms with van der Waals surface area (Å²) in [4.78, 5) is 12.1. The Morgan fingerprint density at radius 2 is 1.79 bits per heavy atom. The highest BCUT2D eigenvalue weighted by Crippen LogP contribution is 2.24. The molecule has 0 spiro atoms. The van der Waals surface area contributed by atoms with Crippen molar-refractivity contribution in [1.29, 1.82) is 0 Å². The van der Waals surface area contributed by atoms with Crippen LogP contribution in [0.4, 0.5) is 0 Å². The van der Waals surface area contributed by atoms with Gasteiger partial charge in [-0.1, -0.05) is 12.1 Å². The van der Waals surface area contributed by atoms with Gasteiger partial charge in [0.05, 0.1) is 19.8 Å². The van der Waals surface area contributed by atoms with Crippen molar-refractivity contribution in [3.05, 3.63) is 54.1 Å². The molecule has 0 heterocycles. The first-order chi connectivity index (χ1) is 13.7. The van der Waals surface area contributed by atoms with E-state index in [1.807, 2.05) is 42.5 Å². The molecule has 0 bridgehead atoms. The maximum Gasteiger partial charge on any atom is 0.220 e. The highest BCUT2D eigenvalue weighted by Gasteiger charge is 2.16. The second-order valence-corrected chi connectivity index (χ2v) is 7.05. The zero-order valence-electron chi connectivity index (χ0n) is 16.5. The van der Waals surface area contributed by atoms with Gasteiger partial charge in [0.1, 0.15) is 23.9 Å². The number of methoxy groups -OCH3 is 1. The Labute approximate surface area is 167 Å². The fourth-order valence-corrected chi connectivity index (χ4v) is 3.35. The van der Waals surface area contributed by atoms with Crippen LogP contribution < -0.4 is 19.5 Å². The van der Waals surface area contributed by atoms with Crippen LogP contribution in [0.1, 0.15) is 37.7 Å². The molecule has 150 valence electrons. The van der Waals surface area contributed by atoms with Gasteiger partial charge >= 0.3 is 0 Å². The van der Waals surface area contributed by atoms with E-state index in [1.165, 1.54) is 12.8 Å². The van der Waals surface area contributed by atoms with Gasteiger partial charge in [-0.05, 0) is 74.1 Å². The normalized spacial score (nSPS) is 13.9. The summed E-state index contributed by atoms with van der Waals surface area (Å²) < 4.78 is 16.8. The van der Waals surface area contributed by atoms with Gasteiger partial charge in [0, 0.05) is 6.42 Å². The van der Waals surface area contributed by atoms with Crippen LogP contribution in [-0.2, 0) is 11.2 Å². The summed E-state index contributed by atoms with van der Waals surface area (Å²) in [6, 6.07) is 15.5. The lowest BCUT2D eigenvalue weighted by molar-refractivity contribution is -0.121. The van der Waals surface area contributed by atoms with Crippen LogP contribution in [0.15, 0.2) is 48.5 Å². The molecule has 0 radical (unpaired) electrons. The van der Waals surface area contributed by atoms with E-state index in [-0.39, 0.29) is 5.91 Å². The first kappa shape index (κ1) is 20.1. The van der Waals surface area contributed by atoms with Crippen LogP contribution in [0, 0.1) is 0 Å². The molecule has 1 aliphatic rings. The topological polar surface area (TPSA) is 56.8 Å². The van der Waals surface area contributed by atoms with E-state index >= 15 is 0 Å². The lowest BCUT2D eigenvalue weighted by Gasteiger charge is -2.14. The van der Waals surface area contributed by atoms with Gasteiger partial charge in [0.25, 0.3) is 0 Å². The molecule has 0 unspecified atom stereocenters.